The Morgan fingerprint density at radius 3 is 2.61 bits per heavy atom. The molecule has 0 aliphatic heterocycles. The molecule has 18 heavy (non-hydrogen) atoms. The molecular formula is C12H15ClN2O2S. The van der Waals surface area contributed by atoms with Gasteiger partial charge in [0.25, 0.3) is 5.91 Å². The number of nitrogens with one attached hydrogen (secondary N) is 1. The van der Waals surface area contributed by atoms with Gasteiger partial charge >= 0.3 is 0 Å². The van der Waals surface area contributed by atoms with E-state index in [0.29, 0.717) is 5.02 Å². The molecule has 4 nitrogen and oxygen atoms in total. The minimum absolute atomic E-state index is 0.0628. The summed E-state index contributed by atoms with van der Waals surface area (Å²) in [5, 5.41) is 12.7. The quantitative estimate of drug-likeness (QED) is 0.741. The van der Waals surface area contributed by atoms with Crippen LogP contribution in [-0.4, -0.2) is 22.0 Å². The van der Waals surface area contributed by atoms with Crippen LogP contribution in [0.5, 0.6) is 5.75 Å². The zero-order chi connectivity index (χ0) is 13.9. The highest BCUT2D eigenvalue weighted by Gasteiger charge is 2.21. The van der Waals surface area contributed by atoms with Crippen molar-refractivity contribution in [3.8, 4) is 5.75 Å². The zero-order valence-electron chi connectivity index (χ0n) is 10.1. The van der Waals surface area contributed by atoms with E-state index < -0.39 is 11.9 Å². The molecule has 6 heteroatoms. The highest BCUT2D eigenvalue weighted by Crippen LogP contribution is 2.21. The number of rotatable bonds is 4. The lowest BCUT2D eigenvalue weighted by atomic mass is 10.0. The maximum absolute atomic E-state index is 12.0. The van der Waals surface area contributed by atoms with E-state index >= 15 is 0 Å². The lowest BCUT2D eigenvalue weighted by molar-refractivity contribution is 0.0937. The topological polar surface area (TPSA) is 75.3 Å². The fourth-order valence-electron chi connectivity index (χ4n) is 1.48. The standard InChI is InChI=1S/C12H15ClN2O2S/c1-6(2)10(11(14)18)15-12(17)8-5-7(13)3-4-9(8)16/h3-6,10,16H,1-2H3,(H2,14,18)(H,15,17). The number of nitrogens with two attached hydrogens (primary N) is 1. The van der Waals surface area contributed by atoms with Gasteiger partial charge in [-0.1, -0.05) is 37.7 Å². The summed E-state index contributed by atoms with van der Waals surface area (Å²) in [5.74, 6) is -0.531. The van der Waals surface area contributed by atoms with Crippen molar-refractivity contribution in [1.82, 2.24) is 5.32 Å². The molecule has 1 amide bonds. The number of hydrogen-bond donors (Lipinski definition) is 3. The molecule has 0 fully saturated rings. The smallest absolute Gasteiger partial charge is 0.255 e. The average Bonchev–Trinajstić information content (AvgIpc) is 2.28. The molecule has 1 atom stereocenters. The molecule has 0 bridgehead atoms. The van der Waals surface area contributed by atoms with Crippen LogP contribution in [0, 0.1) is 5.92 Å². The zero-order valence-corrected chi connectivity index (χ0v) is 11.7. The number of amides is 1. The van der Waals surface area contributed by atoms with Gasteiger partial charge in [-0.25, -0.2) is 0 Å². The molecule has 0 saturated carbocycles. The normalized spacial score (nSPS) is 12.2. The molecule has 0 aliphatic carbocycles. The van der Waals surface area contributed by atoms with Gasteiger partial charge in [-0.2, -0.15) is 0 Å². The lowest BCUT2D eigenvalue weighted by Crippen LogP contribution is -2.46. The number of thiocarbonyl (C=S) groups is 1. The molecule has 1 rings (SSSR count). The highest BCUT2D eigenvalue weighted by atomic mass is 35.5. The Morgan fingerprint density at radius 1 is 1.50 bits per heavy atom. The summed E-state index contributed by atoms with van der Waals surface area (Å²) in [4.78, 5) is 12.2. The van der Waals surface area contributed by atoms with Crippen molar-refractivity contribution in [1.29, 1.82) is 0 Å². The second-order valence-corrected chi connectivity index (χ2v) is 5.17. The third-order valence-corrected chi connectivity index (χ3v) is 2.95. The van der Waals surface area contributed by atoms with Gasteiger partial charge in [-0.15, -0.1) is 0 Å². The van der Waals surface area contributed by atoms with Gasteiger partial charge in [0.2, 0.25) is 0 Å². The number of phenolic OH excluding ortho intramolecular Hbond substituents is 1. The summed E-state index contributed by atoms with van der Waals surface area (Å²) in [6.07, 6.45) is 0. The van der Waals surface area contributed by atoms with Crippen LogP contribution in [0.15, 0.2) is 18.2 Å². The molecule has 0 saturated heterocycles. The SMILES string of the molecule is CC(C)C(NC(=O)c1cc(Cl)ccc1O)C(N)=S. The minimum Gasteiger partial charge on any atom is -0.507 e. The number of benzene rings is 1. The van der Waals surface area contributed by atoms with Crippen molar-refractivity contribution in [3.63, 3.8) is 0 Å². The number of aromatic hydroxyl groups is 1. The summed E-state index contributed by atoms with van der Waals surface area (Å²) in [6, 6.07) is 3.83. The van der Waals surface area contributed by atoms with E-state index in [0.717, 1.165) is 0 Å². The summed E-state index contributed by atoms with van der Waals surface area (Å²) < 4.78 is 0. The Balaban J connectivity index is 2.94. The van der Waals surface area contributed by atoms with Gasteiger partial charge in [0.05, 0.1) is 16.6 Å². The van der Waals surface area contributed by atoms with E-state index in [1.807, 2.05) is 13.8 Å². The molecule has 0 aliphatic rings. The van der Waals surface area contributed by atoms with Crippen molar-refractivity contribution in [2.75, 3.05) is 0 Å². The maximum atomic E-state index is 12.0. The predicted octanol–water partition coefficient (Wildman–Crippen LogP) is 2.09. The van der Waals surface area contributed by atoms with Gasteiger partial charge in [0.15, 0.2) is 0 Å². The van der Waals surface area contributed by atoms with Crippen LogP contribution in [0.4, 0.5) is 0 Å². The number of halogens is 1. The van der Waals surface area contributed by atoms with E-state index in [1.165, 1.54) is 18.2 Å². The first kappa shape index (κ1) is 14.7. The molecule has 0 aromatic heterocycles. The first-order chi connectivity index (χ1) is 8.32. The Bertz CT molecular complexity index is 477. The first-order valence-electron chi connectivity index (χ1n) is 5.41. The molecule has 1 aromatic rings. The van der Waals surface area contributed by atoms with Crippen LogP contribution in [0.2, 0.25) is 5.02 Å². The number of carbonyl (C=O) groups is 1. The first-order valence-corrected chi connectivity index (χ1v) is 6.20. The van der Waals surface area contributed by atoms with Crippen LogP contribution in [0.3, 0.4) is 0 Å². The van der Waals surface area contributed by atoms with Crippen LogP contribution in [-0.2, 0) is 0 Å². The Labute approximate surface area is 116 Å². The maximum Gasteiger partial charge on any atom is 0.255 e. The van der Waals surface area contributed by atoms with Gasteiger partial charge in [0, 0.05) is 5.02 Å². The molecule has 0 spiro atoms. The van der Waals surface area contributed by atoms with Crippen molar-refractivity contribution < 1.29 is 9.90 Å². The predicted molar refractivity (Wildman–Crippen MR) is 76.0 cm³/mol. The van der Waals surface area contributed by atoms with E-state index in [9.17, 15) is 9.90 Å². The van der Waals surface area contributed by atoms with Crippen molar-refractivity contribution in [2.24, 2.45) is 11.7 Å². The summed E-state index contributed by atoms with van der Waals surface area (Å²) >= 11 is 10.7. The third-order valence-electron chi connectivity index (χ3n) is 2.46. The molecule has 98 valence electrons. The molecular weight excluding hydrogens is 272 g/mol. The summed E-state index contributed by atoms with van der Waals surface area (Å²) in [7, 11) is 0. The number of phenols is 1. The summed E-state index contributed by atoms with van der Waals surface area (Å²) in [6.45, 7) is 3.78. The van der Waals surface area contributed by atoms with Crippen LogP contribution in [0.25, 0.3) is 0 Å². The Morgan fingerprint density at radius 2 is 2.11 bits per heavy atom. The lowest BCUT2D eigenvalue weighted by Gasteiger charge is -2.21. The second kappa shape index (κ2) is 6.02. The van der Waals surface area contributed by atoms with Crippen LogP contribution < -0.4 is 11.1 Å². The van der Waals surface area contributed by atoms with Crippen LogP contribution >= 0.6 is 23.8 Å². The largest absolute Gasteiger partial charge is 0.507 e. The van der Waals surface area contributed by atoms with E-state index in [4.69, 9.17) is 29.6 Å². The van der Waals surface area contributed by atoms with E-state index in [2.05, 4.69) is 5.32 Å². The Kier molecular flexibility index (Phi) is 4.93. The van der Waals surface area contributed by atoms with Crippen LogP contribution in [0.1, 0.15) is 24.2 Å². The third kappa shape index (κ3) is 3.58. The average molecular weight is 287 g/mol. The minimum atomic E-state index is -0.457. The summed E-state index contributed by atoms with van der Waals surface area (Å²) in [5.41, 5.74) is 5.66. The number of carbonyl (C=O) groups excluding carboxylic acids is 1. The fraction of sp³-hybridized carbons (Fsp3) is 0.333. The molecule has 0 radical (unpaired) electrons. The van der Waals surface area contributed by atoms with Crippen molar-refractivity contribution >= 4 is 34.7 Å². The number of hydrogen-bond acceptors (Lipinski definition) is 3. The fourth-order valence-corrected chi connectivity index (χ4v) is 1.98. The van der Waals surface area contributed by atoms with E-state index in [1.54, 1.807) is 0 Å². The second-order valence-electron chi connectivity index (χ2n) is 4.26. The van der Waals surface area contributed by atoms with Crippen molar-refractivity contribution in [3.05, 3.63) is 28.8 Å². The van der Waals surface area contributed by atoms with Gasteiger partial charge < -0.3 is 16.2 Å². The van der Waals surface area contributed by atoms with Gasteiger partial charge in [-0.05, 0) is 24.1 Å². The monoisotopic (exact) mass is 286 g/mol. The van der Waals surface area contributed by atoms with Crippen molar-refractivity contribution in [2.45, 2.75) is 19.9 Å². The van der Waals surface area contributed by atoms with Gasteiger partial charge in [-0.3, -0.25) is 4.79 Å². The van der Waals surface area contributed by atoms with Gasteiger partial charge in [0.1, 0.15) is 5.75 Å². The molecule has 1 unspecified atom stereocenters. The Hall–Kier alpha value is -1.33. The molecule has 0 heterocycles. The molecule has 4 N–H and O–H groups in total. The van der Waals surface area contributed by atoms with E-state index in [-0.39, 0.29) is 22.2 Å². The molecule has 1 aromatic carbocycles. The highest BCUT2D eigenvalue weighted by molar-refractivity contribution is 7.80.